The van der Waals surface area contributed by atoms with E-state index in [9.17, 15) is 27.5 Å². The first-order valence-electron chi connectivity index (χ1n) is 22.2. The van der Waals surface area contributed by atoms with Crippen molar-refractivity contribution < 1.29 is 27.5 Å². The Morgan fingerprint density at radius 2 is 1.62 bits per heavy atom. The lowest BCUT2D eigenvalue weighted by atomic mass is 9.32. The molecule has 56 heavy (non-hydrogen) atoms. The molecule has 0 aromatic carbocycles. The topological polar surface area (TPSA) is 95.0 Å². The maximum Gasteiger partial charge on any atom is 0.312 e. The zero-order valence-corrected chi connectivity index (χ0v) is 36.7. The van der Waals surface area contributed by atoms with E-state index in [1.165, 1.54) is 48.8 Å². The highest BCUT2D eigenvalue weighted by atomic mass is 32.2. The standard InChI is InChI=1S/C47H73FN2O5S/c1-32(2)35-14-21-47(31-50(33(3)51)25-9-24-49-26-28-56(54,55)29-27-49)23-22-44(7)37(40(35)47)10-11-39-43(6)17-15-36(42(4,5)38(43)16-18-45(39,44)8)34-12-19-46(30-48,20-13-34)41(52)53/h12,15,35,37-40H,1,9-11,13-14,16-31H2,2-8H3,(H,52,53)/t35-,37+,38-,39+,40+,43-,44+,45+,46+,47+/m0/s1. The Hall–Kier alpha value is -2.00. The van der Waals surface area contributed by atoms with Crippen LogP contribution in [0.5, 0.6) is 0 Å². The van der Waals surface area contributed by atoms with Crippen LogP contribution in [0.3, 0.4) is 0 Å². The summed E-state index contributed by atoms with van der Waals surface area (Å²) in [7, 11) is -2.91. The molecule has 0 radical (unpaired) electrons. The first-order valence-corrected chi connectivity index (χ1v) is 24.0. The lowest BCUT2D eigenvalue weighted by molar-refractivity contribution is -0.228. The third-order valence-electron chi connectivity index (χ3n) is 18.8. The minimum atomic E-state index is -2.91. The third-order valence-corrected chi connectivity index (χ3v) is 20.4. The molecule has 0 aromatic rings. The molecule has 0 aromatic heterocycles. The van der Waals surface area contributed by atoms with Crippen molar-refractivity contribution in [2.75, 3.05) is 50.9 Å². The Bertz CT molecular complexity index is 1760. The molecule has 1 heterocycles. The number of rotatable bonds is 10. The highest BCUT2D eigenvalue weighted by Gasteiger charge is 2.70. The van der Waals surface area contributed by atoms with E-state index in [0.717, 1.165) is 51.7 Å². The van der Waals surface area contributed by atoms with E-state index in [-0.39, 0.29) is 50.9 Å². The van der Waals surface area contributed by atoms with E-state index in [0.29, 0.717) is 55.5 Å². The molecule has 0 spiro atoms. The monoisotopic (exact) mass is 797 g/mol. The molecule has 1 aliphatic heterocycles. The van der Waals surface area contributed by atoms with Crippen LogP contribution in [0.4, 0.5) is 4.39 Å². The molecule has 7 aliphatic rings. The van der Waals surface area contributed by atoms with Gasteiger partial charge in [-0.25, -0.2) is 12.8 Å². The van der Waals surface area contributed by atoms with Gasteiger partial charge in [0.05, 0.1) is 16.9 Å². The third kappa shape index (κ3) is 6.61. The number of allylic oxidation sites excluding steroid dienone is 5. The summed E-state index contributed by atoms with van der Waals surface area (Å²) in [6.07, 6.45) is 17.3. The van der Waals surface area contributed by atoms with Crippen LogP contribution >= 0.6 is 0 Å². The van der Waals surface area contributed by atoms with Crippen LogP contribution in [0, 0.1) is 62.1 Å². The summed E-state index contributed by atoms with van der Waals surface area (Å²) in [4.78, 5) is 29.8. The van der Waals surface area contributed by atoms with Crippen molar-refractivity contribution in [3.63, 3.8) is 0 Å². The number of carboxylic acids is 1. The largest absolute Gasteiger partial charge is 0.481 e. The number of hydrogen-bond donors (Lipinski definition) is 1. The van der Waals surface area contributed by atoms with Gasteiger partial charge in [0.15, 0.2) is 9.84 Å². The van der Waals surface area contributed by atoms with Crippen LogP contribution in [-0.4, -0.2) is 86.1 Å². The summed E-state index contributed by atoms with van der Waals surface area (Å²) in [6, 6.07) is 0. The number of hydrogen-bond acceptors (Lipinski definition) is 5. The average Bonchev–Trinajstić information content (AvgIpc) is 3.52. The van der Waals surface area contributed by atoms with Crippen LogP contribution in [-0.2, 0) is 19.4 Å². The van der Waals surface area contributed by atoms with Crippen LogP contribution in [0.2, 0.25) is 0 Å². The predicted molar refractivity (Wildman–Crippen MR) is 222 cm³/mol. The number of halogens is 1. The first-order chi connectivity index (χ1) is 26.2. The van der Waals surface area contributed by atoms with Gasteiger partial charge in [-0.3, -0.25) is 9.59 Å². The van der Waals surface area contributed by atoms with Gasteiger partial charge < -0.3 is 14.9 Å². The van der Waals surface area contributed by atoms with Crippen LogP contribution < -0.4 is 0 Å². The quantitative estimate of drug-likeness (QED) is 0.222. The molecule has 5 fully saturated rings. The highest BCUT2D eigenvalue weighted by Crippen LogP contribution is 2.77. The summed E-state index contributed by atoms with van der Waals surface area (Å²) in [5.41, 5.74) is 3.29. The van der Waals surface area contributed by atoms with Gasteiger partial charge in [0.25, 0.3) is 0 Å². The van der Waals surface area contributed by atoms with E-state index in [1.54, 1.807) is 6.92 Å². The van der Waals surface area contributed by atoms with Crippen molar-refractivity contribution >= 4 is 21.7 Å². The van der Waals surface area contributed by atoms with Gasteiger partial charge in [0.2, 0.25) is 5.91 Å². The maximum absolute atomic E-state index is 14.0. The number of carbonyl (C=O) groups excluding carboxylic acids is 1. The molecule has 7 rings (SSSR count). The number of carboxylic acid groups (broad SMARTS) is 1. The minimum absolute atomic E-state index is 0.0447. The van der Waals surface area contributed by atoms with Crippen LogP contribution in [0.15, 0.2) is 35.5 Å². The van der Waals surface area contributed by atoms with E-state index in [2.05, 4.69) is 70.1 Å². The van der Waals surface area contributed by atoms with Crippen LogP contribution in [0.25, 0.3) is 0 Å². The fraction of sp³-hybridized carbons (Fsp3) is 0.830. The van der Waals surface area contributed by atoms with Crippen molar-refractivity contribution in [1.82, 2.24) is 9.80 Å². The number of amides is 1. The molecule has 6 aliphatic carbocycles. The summed E-state index contributed by atoms with van der Waals surface area (Å²) in [5, 5.41) is 9.85. The summed E-state index contributed by atoms with van der Waals surface area (Å²) < 4.78 is 38.0. The molecule has 1 N–H and O–H groups in total. The second-order valence-electron chi connectivity index (χ2n) is 21.5. The lowest BCUT2D eigenvalue weighted by Crippen LogP contribution is -2.66. The van der Waals surface area contributed by atoms with Gasteiger partial charge >= 0.3 is 5.97 Å². The summed E-state index contributed by atoms with van der Waals surface area (Å²) in [5.74, 6) is 2.35. The SMILES string of the molecule is C=C(C)[C@@H]1CC[C@]2(CN(CCCN3CCS(=O)(=O)CC3)C(C)=O)CC[C@]3(C)[C@H](CC[C@@H]4[C@@]5(C)CC=C(C6=CC[C@@](CF)(C(=O)O)CC6)C(C)(C)[C@@H]5CC[C@]43C)[C@@H]12. The smallest absolute Gasteiger partial charge is 0.312 e. The number of carbonyl (C=O) groups is 2. The number of aliphatic carboxylic acids is 1. The number of nitrogens with zero attached hydrogens (tertiary/aromatic N) is 2. The Balaban J connectivity index is 1.12. The molecule has 0 bridgehead atoms. The van der Waals surface area contributed by atoms with Crippen molar-refractivity contribution in [3.05, 3.63) is 35.5 Å². The molecule has 1 amide bonds. The van der Waals surface area contributed by atoms with E-state index in [4.69, 9.17) is 0 Å². The van der Waals surface area contributed by atoms with Gasteiger partial charge in [-0.15, -0.1) is 0 Å². The van der Waals surface area contributed by atoms with Gasteiger partial charge in [-0.1, -0.05) is 58.9 Å². The molecular formula is C47H73FN2O5S. The Morgan fingerprint density at radius 3 is 2.23 bits per heavy atom. The molecule has 0 unspecified atom stereocenters. The van der Waals surface area contributed by atoms with Crippen molar-refractivity contribution in [2.45, 2.75) is 132 Å². The molecule has 1 saturated heterocycles. The minimum Gasteiger partial charge on any atom is -0.481 e. The van der Waals surface area contributed by atoms with Crippen LogP contribution in [0.1, 0.15) is 132 Å². The molecular weight excluding hydrogens is 724 g/mol. The zero-order chi connectivity index (χ0) is 40.7. The van der Waals surface area contributed by atoms with Gasteiger partial charge in [0, 0.05) is 33.1 Å². The van der Waals surface area contributed by atoms with E-state index in [1.807, 2.05) is 0 Å². The number of fused-ring (bicyclic) bond motifs is 7. The second kappa shape index (κ2) is 14.6. The normalized spacial score (nSPS) is 42.9. The van der Waals surface area contributed by atoms with Crippen molar-refractivity contribution in [1.29, 1.82) is 0 Å². The Kier molecular flexibility index (Phi) is 11.0. The molecule has 4 saturated carbocycles. The number of sulfone groups is 1. The fourth-order valence-electron chi connectivity index (χ4n) is 15.4. The fourth-order valence-corrected chi connectivity index (χ4v) is 16.7. The van der Waals surface area contributed by atoms with Crippen molar-refractivity contribution in [2.24, 2.45) is 62.1 Å². The van der Waals surface area contributed by atoms with Crippen molar-refractivity contribution in [3.8, 4) is 0 Å². The van der Waals surface area contributed by atoms with Gasteiger partial charge in [0.1, 0.15) is 6.67 Å². The first kappa shape index (κ1) is 42.1. The number of alkyl halides is 1. The summed E-state index contributed by atoms with van der Waals surface area (Å²) in [6.45, 7) is 24.2. The van der Waals surface area contributed by atoms with Gasteiger partial charge in [-0.05, 0) is 165 Å². The lowest BCUT2D eigenvalue weighted by Gasteiger charge is -2.72. The van der Waals surface area contributed by atoms with E-state index < -0.39 is 27.9 Å². The molecule has 314 valence electrons. The Morgan fingerprint density at radius 1 is 0.911 bits per heavy atom. The van der Waals surface area contributed by atoms with E-state index >= 15 is 0 Å². The van der Waals surface area contributed by atoms with Gasteiger partial charge in [-0.2, -0.15) is 0 Å². The predicted octanol–water partition coefficient (Wildman–Crippen LogP) is 9.30. The average molecular weight is 797 g/mol. The molecule has 9 heteroatoms. The molecule has 7 nitrogen and oxygen atoms in total. The summed E-state index contributed by atoms with van der Waals surface area (Å²) >= 11 is 0. The Labute approximate surface area is 338 Å². The second-order valence-corrected chi connectivity index (χ2v) is 23.8. The maximum atomic E-state index is 14.0. The highest BCUT2D eigenvalue weighted by molar-refractivity contribution is 7.91. The molecule has 10 atom stereocenters. The zero-order valence-electron chi connectivity index (χ0n) is 35.9.